The zero-order valence-electron chi connectivity index (χ0n) is 11.3. The first-order valence-corrected chi connectivity index (χ1v) is 7.42. The van der Waals surface area contributed by atoms with Crippen molar-refractivity contribution >= 4 is 22.1 Å². The second-order valence-corrected chi connectivity index (χ2v) is 5.86. The van der Waals surface area contributed by atoms with Crippen LogP contribution in [-0.2, 0) is 10.1 Å². The van der Waals surface area contributed by atoms with Crippen LogP contribution >= 0.6 is 0 Å². The predicted octanol–water partition coefficient (Wildman–Crippen LogP) is 1.99. The molecule has 0 aromatic heterocycles. The minimum absolute atomic E-state index is 0.175. The Labute approximate surface area is 129 Å². The molecule has 0 fully saturated rings. The maximum Gasteiger partial charge on any atom is 0.339 e. The molecule has 0 atom stereocenters. The van der Waals surface area contributed by atoms with Crippen molar-refractivity contribution in [1.82, 2.24) is 0 Å². The number of halogens is 1. The molecule has 0 heterocycles. The lowest BCUT2D eigenvalue weighted by atomic mass is 10.1. The summed E-state index contributed by atoms with van der Waals surface area (Å²) in [6, 6.07) is 6.58. The van der Waals surface area contributed by atoms with Crippen LogP contribution in [0.3, 0.4) is 0 Å². The van der Waals surface area contributed by atoms with E-state index in [1.54, 1.807) is 0 Å². The van der Waals surface area contributed by atoms with Crippen LogP contribution in [0.15, 0.2) is 47.4 Å². The lowest BCUT2D eigenvalue weighted by Crippen LogP contribution is -2.13. The van der Waals surface area contributed by atoms with Crippen LogP contribution in [-0.4, -0.2) is 30.6 Å². The van der Waals surface area contributed by atoms with Crippen molar-refractivity contribution in [2.75, 3.05) is 0 Å². The molecule has 0 bridgehead atoms. The van der Waals surface area contributed by atoms with Crippen molar-refractivity contribution in [3.05, 3.63) is 59.4 Å². The van der Waals surface area contributed by atoms with Gasteiger partial charge in [-0.3, -0.25) is 0 Å². The van der Waals surface area contributed by atoms with Crippen molar-refractivity contribution < 1.29 is 36.8 Å². The molecule has 0 saturated heterocycles. The molecule has 0 aliphatic rings. The molecule has 2 aromatic rings. The molecule has 120 valence electrons. The molecule has 0 aliphatic carbocycles. The van der Waals surface area contributed by atoms with Crippen LogP contribution in [0, 0.1) is 5.82 Å². The Bertz CT molecular complexity index is 872. The first kappa shape index (κ1) is 16.4. The summed E-state index contributed by atoms with van der Waals surface area (Å²) in [6.45, 7) is 0. The average molecular weight is 340 g/mol. The Hall–Kier alpha value is -2.94. The molecule has 0 radical (unpaired) electrons. The van der Waals surface area contributed by atoms with E-state index in [9.17, 15) is 22.4 Å². The molecule has 0 saturated carbocycles. The summed E-state index contributed by atoms with van der Waals surface area (Å²) in [5, 5.41) is 17.9. The first-order chi connectivity index (χ1) is 10.7. The molecule has 2 rings (SSSR count). The summed E-state index contributed by atoms with van der Waals surface area (Å²) >= 11 is 0. The molecule has 0 amide bonds. The third-order valence-electron chi connectivity index (χ3n) is 2.76. The van der Waals surface area contributed by atoms with Crippen LogP contribution in [0.2, 0.25) is 0 Å². The lowest BCUT2D eigenvalue weighted by molar-refractivity contribution is 0.0651. The molecule has 0 unspecified atom stereocenters. The van der Waals surface area contributed by atoms with Gasteiger partial charge in [0.15, 0.2) is 0 Å². The Morgan fingerprint density at radius 3 is 2.00 bits per heavy atom. The highest BCUT2D eigenvalue weighted by Crippen LogP contribution is 2.21. The van der Waals surface area contributed by atoms with E-state index < -0.39 is 43.9 Å². The minimum atomic E-state index is -4.40. The van der Waals surface area contributed by atoms with Gasteiger partial charge in [0.1, 0.15) is 16.5 Å². The van der Waals surface area contributed by atoms with Gasteiger partial charge in [-0.15, -0.1) is 0 Å². The van der Waals surface area contributed by atoms with Crippen LogP contribution in [0.25, 0.3) is 0 Å². The summed E-state index contributed by atoms with van der Waals surface area (Å²) in [7, 11) is -4.40. The van der Waals surface area contributed by atoms with Crippen molar-refractivity contribution in [3.63, 3.8) is 0 Å². The van der Waals surface area contributed by atoms with E-state index in [2.05, 4.69) is 0 Å². The zero-order chi connectivity index (χ0) is 17.2. The van der Waals surface area contributed by atoms with Gasteiger partial charge in [0.25, 0.3) is 0 Å². The van der Waals surface area contributed by atoms with E-state index in [0.717, 1.165) is 36.4 Å². The third kappa shape index (κ3) is 3.64. The average Bonchev–Trinajstić information content (AvgIpc) is 2.48. The number of carbonyl (C=O) groups is 2. The van der Waals surface area contributed by atoms with Gasteiger partial charge in [0, 0.05) is 0 Å². The maximum absolute atomic E-state index is 12.8. The van der Waals surface area contributed by atoms with E-state index in [0.29, 0.717) is 6.07 Å². The molecule has 23 heavy (non-hydrogen) atoms. The quantitative estimate of drug-likeness (QED) is 0.799. The maximum atomic E-state index is 12.8. The van der Waals surface area contributed by atoms with Gasteiger partial charge in [-0.05, 0) is 42.5 Å². The predicted molar refractivity (Wildman–Crippen MR) is 74.6 cm³/mol. The Morgan fingerprint density at radius 2 is 1.48 bits per heavy atom. The molecule has 9 heteroatoms. The van der Waals surface area contributed by atoms with Gasteiger partial charge in [0.05, 0.1) is 11.1 Å². The highest BCUT2D eigenvalue weighted by atomic mass is 32.2. The highest BCUT2D eigenvalue weighted by molar-refractivity contribution is 7.87. The Kier molecular flexibility index (Phi) is 4.32. The van der Waals surface area contributed by atoms with E-state index in [1.807, 2.05) is 0 Å². The van der Waals surface area contributed by atoms with Crippen molar-refractivity contribution in [1.29, 1.82) is 0 Å². The smallest absolute Gasteiger partial charge is 0.339 e. The molecule has 0 spiro atoms. The summed E-state index contributed by atoms with van der Waals surface area (Å²) in [5.41, 5.74) is -1.25. The number of carboxylic acid groups (broad SMARTS) is 2. The van der Waals surface area contributed by atoms with Gasteiger partial charge in [-0.2, -0.15) is 8.42 Å². The number of aromatic carboxylic acids is 2. The fourth-order valence-electron chi connectivity index (χ4n) is 1.71. The minimum Gasteiger partial charge on any atom is -0.478 e. The second kappa shape index (κ2) is 6.05. The lowest BCUT2D eigenvalue weighted by Gasteiger charge is -2.09. The molecule has 2 N–H and O–H groups in total. The van der Waals surface area contributed by atoms with Crippen LogP contribution < -0.4 is 4.18 Å². The van der Waals surface area contributed by atoms with Gasteiger partial charge in [-0.1, -0.05) is 0 Å². The van der Waals surface area contributed by atoms with Crippen LogP contribution in [0.1, 0.15) is 20.7 Å². The molecule has 2 aromatic carbocycles. The van der Waals surface area contributed by atoms with Gasteiger partial charge < -0.3 is 14.4 Å². The van der Waals surface area contributed by atoms with Crippen LogP contribution in [0.5, 0.6) is 5.75 Å². The number of carboxylic acids is 2. The van der Waals surface area contributed by atoms with Crippen molar-refractivity contribution in [3.8, 4) is 5.75 Å². The Balaban J connectivity index is 2.43. The van der Waals surface area contributed by atoms with Gasteiger partial charge in [-0.25, -0.2) is 14.0 Å². The molecule has 0 aliphatic heterocycles. The monoisotopic (exact) mass is 340 g/mol. The second-order valence-electron chi connectivity index (χ2n) is 4.31. The molecular formula is C14H9FO7S. The fraction of sp³-hybridized carbons (Fsp3) is 0. The summed E-state index contributed by atoms with van der Waals surface area (Å²) in [6.07, 6.45) is 0. The van der Waals surface area contributed by atoms with Crippen molar-refractivity contribution in [2.24, 2.45) is 0 Å². The zero-order valence-corrected chi connectivity index (χ0v) is 12.1. The van der Waals surface area contributed by atoms with E-state index in [4.69, 9.17) is 14.4 Å². The largest absolute Gasteiger partial charge is 0.478 e. The van der Waals surface area contributed by atoms with Gasteiger partial charge >= 0.3 is 22.1 Å². The SMILES string of the molecule is O=C(O)c1ccc(S(=O)(=O)Oc2ccc(F)cc2)cc1C(=O)O. The van der Waals surface area contributed by atoms with Gasteiger partial charge in [0.2, 0.25) is 0 Å². The number of hydrogen-bond acceptors (Lipinski definition) is 5. The molecular weight excluding hydrogens is 331 g/mol. The number of hydrogen-bond donors (Lipinski definition) is 2. The number of rotatable bonds is 5. The third-order valence-corrected chi connectivity index (χ3v) is 4.00. The standard InChI is InChI=1S/C14H9FO7S/c15-8-1-3-9(4-2-8)22-23(20,21)10-5-6-11(13(16)17)12(7-10)14(18)19/h1-7H,(H,16,17)(H,18,19). The number of benzene rings is 2. The fourth-order valence-corrected chi connectivity index (χ4v) is 2.66. The van der Waals surface area contributed by atoms with E-state index in [-0.39, 0.29) is 5.75 Å². The Morgan fingerprint density at radius 1 is 0.913 bits per heavy atom. The summed E-state index contributed by atoms with van der Waals surface area (Å²) < 4.78 is 41.7. The molecule has 7 nitrogen and oxygen atoms in total. The normalized spacial score (nSPS) is 11.0. The van der Waals surface area contributed by atoms with E-state index in [1.165, 1.54) is 0 Å². The topological polar surface area (TPSA) is 118 Å². The first-order valence-electron chi connectivity index (χ1n) is 6.01. The highest BCUT2D eigenvalue weighted by Gasteiger charge is 2.23. The van der Waals surface area contributed by atoms with E-state index >= 15 is 0 Å². The van der Waals surface area contributed by atoms with Crippen molar-refractivity contribution in [2.45, 2.75) is 4.90 Å². The van der Waals surface area contributed by atoms with Crippen LogP contribution in [0.4, 0.5) is 4.39 Å². The summed E-state index contributed by atoms with van der Waals surface area (Å²) in [4.78, 5) is 21.5. The summed E-state index contributed by atoms with van der Waals surface area (Å²) in [5.74, 6) is -3.87.